The second-order valence-corrected chi connectivity index (χ2v) is 6.56. The summed E-state index contributed by atoms with van der Waals surface area (Å²) in [7, 11) is -4.01. The van der Waals surface area contributed by atoms with Crippen molar-refractivity contribution in [1.29, 1.82) is 0 Å². The van der Waals surface area contributed by atoms with Crippen LogP contribution in [0, 0.1) is 16.0 Å². The number of nitro benzene ring substituents is 1. The molecule has 8 nitrogen and oxygen atoms in total. The fourth-order valence-electron chi connectivity index (χ4n) is 1.75. The molecule has 1 aromatic carbocycles. The van der Waals surface area contributed by atoms with Crippen molar-refractivity contribution in [2.24, 2.45) is 11.8 Å². The molecule has 0 amide bonds. The summed E-state index contributed by atoms with van der Waals surface area (Å²) in [5, 5.41) is 11.0. The third kappa shape index (κ3) is 4.13. The predicted molar refractivity (Wildman–Crippen MR) is 80.1 cm³/mol. The van der Waals surface area contributed by atoms with Crippen LogP contribution in [0.15, 0.2) is 23.1 Å². The van der Waals surface area contributed by atoms with E-state index in [2.05, 4.69) is 10.1 Å². The highest BCUT2D eigenvalue weighted by molar-refractivity contribution is 7.89. The van der Waals surface area contributed by atoms with Gasteiger partial charge in [0, 0.05) is 12.1 Å². The van der Waals surface area contributed by atoms with Crippen LogP contribution in [0.3, 0.4) is 0 Å². The Balaban J connectivity index is 3.26. The fourth-order valence-corrected chi connectivity index (χ4v) is 3.30. The van der Waals surface area contributed by atoms with Crippen LogP contribution < -0.4 is 16.0 Å². The van der Waals surface area contributed by atoms with Gasteiger partial charge in [0.2, 0.25) is 10.0 Å². The van der Waals surface area contributed by atoms with E-state index in [0.717, 1.165) is 18.6 Å². The molecule has 0 fully saturated rings. The maximum absolute atomic E-state index is 12.4. The number of hydrogen-bond acceptors (Lipinski definition) is 6. The smallest absolute Gasteiger partial charge is 0.289 e. The van der Waals surface area contributed by atoms with Gasteiger partial charge in [-0.15, -0.1) is 0 Å². The van der Waals surface area contributed by atoms with Crippen molar-refractivity contribution < 1.29 is 13.3 Å². The summed E-state index contributed by atoms with van der Waals surface area (Å²) in [5.41, 5.74) is 2.07. The van der Waals surface area contributed by atoms with Crippen LogP contribution in [-0.2, 0) is 10.0 Å². The van der Waals surface area contributed by atoms with Gasteiger partial charge >= 0.3 is 0 Å². The molecule has 9 heteroatoms. The van der Waals surface area contributed by atoms with Crippen molar-refractivity contribution in [1.82, 2.24) is 4.72 Å². The van der Waals surface area contributed by atoms with E-state index in [0.29, 0.717) is 0 Å². The molecule has 0 saturated heterocycles. The number of hydrogen-bond donors (Lipinski definition) is 3. The van der Waals surface area contributed by atoms with Gasteiger partial charge in [-0.05, 0) is 25.0 Å². The number of nitrogen functional groups attached to an aromatic ring is 1. The first-order valence-corrected chi connectivity index (χ1v) is 7.98. The minimum absolute atomic E-state index is 0.106. The van der Waals surface area contributed by atoms with Crippen molar-refractivity contribution in [2.75, 3.05) is 5.43 Å². The largest absolute Gasteiger partial charge is 0.324 e. The first-order valence-electron chi connectivity index (χ1n) is 6.50. The summed E-state index contributed by atoms with van der Waals surface area (Å²) in [5.74, 6) is 5.33. The number of nitrogens with two attached hydrogens (primary N) is 1. The van der Waals surface area contributed by atoms with Crippen LogP contribution >= 0.6 is 0 Å². The van der Waals surface area contributed by atoms with Crippen LogP contribution in [0.4, 0.5) is 11.4 Å². The van der Waals surface area contributed by atoms with Gasteiger partial charge in [0.25, 0.3) is 5.69 Å². The Morgan fingerprint density at radius 1 is 1.38 bits per heavy atom. The molecule has 0 saturated carbocycles. The van der Waals surface area contributed by atoms with E-state index < -0.39 is 25.5 Å². The van der Waals surface area contributed by atoms with E-state index in [9.17, 15) is 18.5 Å². The van der Waals surface area contributed by atoms with Gasteiger partial charge in [0.1, 0.15) is 0 Å². The summed E-state index contributed by atoms with van der Waals surface area (Å²) < 4.78 is 27.2. The number of anilines is 1. The lowest BCUT2D eigenvalue weighted by molar-refractivity contribution is -0.387. The lowest BCUT2D eigenvalue weighted by atomic mass is 10.0. The maximum atomic E-state index is 12.4. The summed E-state index contributed by atoms with van der Waals surface area (Å²) in [6.07, 6.45) is 0.788. The summed E-state index contributed by atoms with van der Waals surface area (Å²) >= 11 is 0. The van der Waals surface area contributed by atoms with E-state index in [4.69, 9.17) is 5.84 Å². The number of nitro groups is 1. The molecule has 0 spiro atoms. The molecule has 0 aliphatic rings. The Labute approximate surface area is 123 Å². The van der Waals surface area contributed by atoms with Crippen LogP contribution in [0.5, 0.6) is 0 Å². The minimum atomic E-state index is -4.01. The fraction of sp³-hybridized carbons (Fsp3) is 0.500. The van der Waals surface area contributed by atoms with Gasteiger partial charge in [-0.1, -0.05) is 20.3 Å². The molecule has 0 bridgehead atoms. The van der Waals surface area contributed by atoms with Crippen molar-refractivity contribution in [3.8, 4) is 0 Å². The van der Waals surface area contributed by atoms with Crippen LogP contribution in [0.2, 0.25) is 0 Å². The van der Waals surface area contributed by atoms with Crippen molar-refractivity contribution in [3.05, 3.63) is 28.3 Å². The van der Waals surface area contributed by atoms with Gasteiger partial charge in [0.05, 0.1) is 10.6 Å². The monoisotopic (exact) mass is 316 g/mol. The van der Waals surface area contributed by atoms with Gasteiger partial charge in [-0.25, -0.2) is 13.1 Å². The Morgan fingerprint density at radius 2 is 2.00 bits per heavy atom. The van der Waals surface area contributed by atoms with Gasteiger partial charge in [-0.2, -0.15) is 0 Å². The second kappa shape index (κ2) is 6.83. The lowest BCUT2D eigenvalue weighted by Crippen LogP contribution is -2.37. The first kappa shape index (κ1) is 17.3. The highest BCUT2D eigenvalue weighted by atomic mass is 32.2. The molecule has 0 aliphatic carbocycles. The van der Waals surface area contributed by atoms with E-state index in [1.54, 1.807) is 6.92 Å². The van der Waals surface area contributed by atoms with Crippen molar-refractivity contribution >= 4 is 21.4 Å². The Morgan fingerprint density at radius 3 is 2.48 bits per heavy atom. The quantitative estimate of drug-likeness (QED) is 0.398. The number of rotatable bonds is 7. The molecule has 21 heavy (non-hydrogen) atoms. The Kier molecular flexibility index (Phi) is 5.64. The van der Waals surface area contributed by atoms with E-state index in [1.807, 2.05) is 13.8 Å². The predicted octanol–water partition coefficient (Wildman–Crippen LogP) is 1.59. The standard InChI is InChI=1S/C12H20N4O4S/c1-4-8(2)9(3)15-21(19,20)12-7-10(14-13)5-6-11(12)16(17)18/h5-9,14-15H,4,13H2,1-3H3. The molecule has 1 rings (SSSR count). The molecule has 4 N–H and O–H groups in total. The first-order chi connectivity index (χ1) is 9.72. The molecule has 0 aliphatic heterocycles. The molecular formula is C12H20N4O4S. The zero-order valence-corrected chi connectivity index (χ0v) is 13.0. The zero-order valence-electron chi connectivity index (χ0n) is 12.2. The van der Waals surface area contributed by atoms with Crippen LogP contribution in [0.1, 0.15) is 27.2 Å². The second-order valence-electron chi connectivity index (χ2n) is 4.88. The van der Waals surface area contributed by atoms with Crippen molar-refractivity contribution in [2.45, 2.75) is 38.1 Å². The molecule has 2 atom stereocenters. The molecule has 118 valence electrons. The summed E-state index contributed by atoms with van der Waals surface area (Å²) in [4.78, 5) is 9.87. The van der Waals surface area contributed by atoms with Crippen LogP contribution in [-0.4, -0.2) is 19.4 Å². The van der Waals surface area contributed by atoms with Gasteiger partial charge < -0.3 is 5.43 Å². The van der Waals surface area contributed by atoms with E-state index >= 15 is 0 Å². The maximum Gasteiger partial charge on any atom is 0.289 e. The number of benzene rings is 1. The molecular weight excluding hydrogens is 296 g/mol. The Bertz CT molecular complexity index is 618. The lowest BCUT2D eigenvalue weighted by Gasteiger charge is -2.20. The van der Waals surface area contributed by atoms with E-state index in [-0.39, 0.29) is 17.6 Å². The summed E-state index contributed by atoms with van der Waals surface area (Å²) in [6, 6.07) is 3.26. The minimum Gasteiger partial charge on any atom is -0.324 e. The third-order valence-corrected chi connectivity index (χ3v) is 5.04. The van der Waals surface area contributed by atoms with E-state index in [1.165, 1.54) is 6.07 Å². The molecule has 0 radical (unpaired) electrons. The number of nitrogens with one attached hydrogen (secondary N) is 2. The average molecular weight is 316 g/mol. The molecule has 2 unspecified atom stereocenters. The van der Waals surface area contributed by atoms with Gasteiger partial charge in [-0.3, -0.25) is 16.0 Å². The third-order valence-electron chi connectivity index (χ3n) is 3.45. The van der Waals surface area contributed by atoms with Crippen LogP contribution in [0.25, 0.3) is 0 Å². The van der Waals surface area contributed by atoms with Gasteiger partial charge in [0.15, 0.2) is 4.90 Å². The Hall–Kier alpha value is -1.71. The highest BCUT2D eigenvalue weighted by Crippen LogP contribution is 2.27. The molecule has 1 aromatic rings. The molecule has 0 heterocycles. The highest BCUT2D eigenvalue weighted by Gasteiger charge is 2.28. The zero-order chi connectivity index (χ0) is 16.2. The normalized spacial score (nSPS) is 14.5. The number of nitrogens with zero attached hydrogens (tertiary/aromatic N) is 1. The molecule has 0 aromatic heterocycles. The number of hydrazine groups is 1. The summed E-state index contributed by atoms with van der Waals surface area (Å²) in [6.45, 7) is 5.57. The van der Waals surface area contributed by atoms with Crippen molar-refractivity contribution in [3.63, 3.8) is 0 Å². The average Bonchev–Trinajstić information content (AvgIpc) is 2.44. The SMILES string of the molecule is CCC(C)C(C)NS(=O)(=O)c1cc(NN)ccc1[N+](=O)[O-]. The number of sulfonamides is 1. The topological polar surface area (TPSA) is 127 Å².